The van der Waals surface area contributed by atoms with Gasteiger partial charge in [-0.2, -0.15) is 0 Å². The Bertz CT molecular complexity index is 1080. The summed E-state index contributed by atoms with van der Waals surface area (Å²) in [5, 5.41) is 18.7. The molecule has 3 aromatic carbocycles. The molecule has 0 saturated heterocycles. The summed E-state index contributed by atoms with van der Waals surface area (Å²) in [5.74, 6) is 0.421. The van der Waals surface area contributed by atoms with Crippen molar-refractivity contribution in [2.24, 2.45) is 0 Å². The normalized spacial score (nSPS) is 11.1. The van der Waals surface area contributed by atoms with Crippen LogP contribution in [0.3, 0.4) is 0 Å². The molecule has 0 heterocycles. The molecule has 0 aliphatic heterocycles. The fourth-order valence-electron chi connectivity index (χ4n) is 2.80. The van der Waals surface area contributed by atoms with Crippen LogP contribution >= 0.6 is 0 Å². The molecule has 0 radical (unpaired) electrons. The van der Waals surface area contributed by atoms with Crippen molar-refractivity contribution >= 4 is 15.9 Å². The lowest BCUT2D eigenvalue weighted by Crippen LogP contribution is -2.32. The van der Waals surface area contributed by atoms with E-state index in [0.29, 0.717) is 5.75 Å². The van der Waals surface area contributed by atoms with Crippen LogP contribution in [0.1, 0.15) is 5.56 Å². The zero-order valence-electron chi connectivity index (χ0n) is 16.0. The van der Waals surface area contributed by atoms with Crippen LogP contribution in [-0.2, 0) is 16.4 Å². The molecule has 156 valence electrons. The maximum Gasteiger partial charge on any atom is 0.407 e. The second-order valence-corrected chi connectivity index (χ2v) is 8.46. The van der Waals surface area contributed by atoms with E-state index < -0.39 is 15.9 Å². The minimum Gasteiger partial charge on any atom is -0.508 e. The maximum atomic E-state index is 12.6. The van der Waals surface area contributed by atoms with Gasteiger partial charge in [0.05, 0.1) is 16.3 Å². The van der Waals surface area contributed by atoms with Crippen LogP contribution in [0.5, 0.6) is 11.5 Å². The van der Waals surface area contributed by atoms with E-state index in [2.05, 4.69) is 0 Å². The van der Waals surface area contributed by atoms with E-state index in [-0.39, 0.29) is 35.2 Å². The van der Waals surface area contributed by atoms with Crippen molar-refractivity contribution in [2.75, 3.05) is 13.2 Å². The van der Waals surface area contributed by atoms with E-state index in [4.69, 9.17) is 4.74 Å². The number of aromatic hydroxyl groups is 1. The molecule has 7 nitrogen and oxygen atoms in total. The van der Waals surface area contributed by atoms with Gasteiger partial charge in [0, 0.05) is 6.54 Å². The molecule has 0 spiro atoms. The van der Waals surface area contributed by atoms with Crippen molar-refractivity contribution in [1.29, 1.82) is 0 Å². The number of amides is 1. The number of benzene rings is 3. The van der Waals surface area contributed by atoms with Crippen molar-refractivity contribution in [2.45, 2.75) is 16.3 Å². The number of hydrogen-bond acceptors (Lipinski definition) is 5. The molecule has 0 atom stereocenters. The molecule has 0 bridgehead atoms. The largest absolute Gasteiger partial charge is 0.508 e. The third-order valence-corrected chi connectivity index (χ3v) is 6.18. The standard InChI is InChI=1S/C22H21NO6S/c24-18-6-10-20(11-7-18)30(27,28)21-12-8-19(9-13-21)29-15-14-23(22(25)26)16-17-4-2-1-3-5-17/h1-13,24H,14-16H2,(H,25,26). The summed E-state index contributed by atoms with van der Waals surface area (Å²) < 4.78 is 30.8. The van der Waals surface area contributed by atoms with E-state index >= 15 is 0 Å². The van der Waals surface area contributed by atoms with E-state index in [1.54, 1.807) is 0 Å². The second kappa shape index (κ2) is 9.32. The molecule has 1 amide bonds. The summed E-state index contributed by atoms with van der Waals surface area (Å²) in [6, 6.07) is 20.5. The Labute approximate surface area is 174 Å². The summed E-state index contributed by atoms with van der Waals surface area (Å²) in [6.45, 7) is 0.546. The van der Waals surface area contributed by atoms with Crippen LogP contribution < -0.4 is 4.74 Å². The summed E-state index contributed by atoms with van der Waals surface area (Å²) in [7, 11) is -3.70. The van der Waals surface area contributed by atoms with Crippen molar-refractivity contribution in [3.05, 3.63) is 84.4 Å². The Morgan fingerprint density at radius 2 is 1.43 bits per heavy atom. The predicted octanol–water partition coefficient (Wildman–Crippen LogP) is 3.78. The first-order valence-corrected chi connectivity index (χ1v) is 10.6. The van der Waals surface area contributed by atoms with Gasteiger partial charge in [-0.3, -0.25) is 0 Å². The molecule has 0 aliphatic rings. The van der Waals surface area contributed by atoms with Gasteiger partial charge in [-0.05, 0) is 54.1 Å². The zero-order valence-corrected chi connectivity index (χ0v) is 16.8. The summed E-state index contributed by atoms with van der Waals surface area (Å²) in [5.41, 5.74) is 0.878. The van der Waals surface area contributed by atoms with E-state index in [1.807, 2.05) is 30.3 Å². The molecule has 0 aliphatic carbocycles. The SMILES string of the molecule is O=C(O)N(CCOc1ccc(S(=O)(=O)c2ccc(O)cc2)cc1)Cc1ccccc1. The second-order valence-electron chi connectivity index (χ2n) is 6.51. The Balaban J connectivity index is 1.60. The predicted molar refractivity (Wildman–Crippen MR) is 110 cm³/mol. The Morgan fingerprint density at radius 3 is 2.00 bits per heavy atom. The third-order valence-electron chi connectivity index (χ3n) is 4.40. The molecule has 0 unspecified atom stereocenters. The molecular formula is C22H21NO6S. The highest BCUT2D eigenvalue weighted by molar-refractivity contribution is 7.91. The van der Waals surface area contributed by atoms with Crippen LogP contribution in [0, 0.1) is 0 Å². The quantitative estimate of drug-likeness (QED) is 0.567. The van der Waals surface area contributed by atoms with Crippen molar-refractivity contribution < 1.29 is 28.2 Å². The number of carbonyl (C=O) groups is 1. The molecule has 2 N–H and O–H groups in total. The van der Waals surface area contributed by atoms with Gasteiger partial charge in [0.2, 0.25) is 9.84 Å². The first-order valence-electron chi connectivity index (χ1n) is 9.15. The highest BCUT2D eigenvalue weighted by Gasteiger charge is 2.18. The Kier molecular flexibility index (Phi) is 6.58. The first kappa shape index (κ1) is 21.2. The van der Waals surface area contributed by atoms with Gasteiger partial charge >= 0.3 is 6.09 Å². The Hall–Kier alpha value is -3.52. The maximum absolute atomic E-state index is 12.6. The number of hydrogen-bond donors (Lipinski definition) is 2. The minimum atomic E-state index is -3.70. The molecule has 8 heteroatoms. The monoisotopic (exact) mass is 427 g/mol. The Morgan fingerprint density at radius 1 is 0.867 bits per heavy atom. The van der Waals surface area contributed by atoms with Crippen LogP contribution in [-0.4, -0.2) is 42.8 Å². The smallest absolute Gasteiger partial charge is 0.407 e. The van der Waals surface area contributed by atoms with E-state index in [0.717, 1.165) is 5.56 Å². The van der Waals surface area contributed by atoms with Gasteiger partial charge in [-0.25, -0.2) is 13.2 Å². The molecule has 0 saturated carbocycles. The van der Waals surface area contributed by atoms with Crippen LogP contribution in [0.15, 0.2) is 88.7 Å². The topological polar surface area (TPSA) is 104 Å². The van der Waals surface area contributed by atoms with Gasteiger partial charge in [0.1, 0.15) is 18.1 Å². The van der Waals surface area contributed by atoms with Gasteiger partial charge < -0.3 is 19.8 Å². The molecule has 3 rings (SSSR count). The fraction of sp³-hybridized carbons (Fsp3) is 0.136. The van der Waals surface area contributed by atoms with Crippen molar-refractivity contribution in [3.8, 4) is 11.5 Å². The zero-order chi connectivity index (χ0) is 21.6. The molecule has 30 heavy (non-hydrogen) atoms. The highest BCUT2D eigenvalue weighted by atomic mass is 32.2. The van der Waals surface area contributed by atoms with Gasteiger partial charge in [0.15, 0.2) is 0 Å². The van der Waals surface area contributed by atoms with Crippen LogP contribution in [0.2, 0.25) is 0 Å². The number of sulfone groups is 1. The lowest BCUT2D eigenvalue weighted by molar-refractivity contribution is 0.132. The van der Waals surface area contributed by atoms with Crippen molar-refractivity contribution in [3.63, 3.8) is 0 Å². The molecular weight excluding hydrogens is 406 g/mol. The number of ether oxygens (including phenoxy) is 1. The van der Waals surface area contributed by atoms with Gasteiger partial charge in [-0.1, -0.05) is 30.3 Å². The number of phenols is 1. The van der Waals surface area contributed by atoms with Gasteiger partial charge in [0.25, 0.3) is 0 Å². The lowest BCUT2D eigenvalue weighted by Gasteiger charge is -2.19. The van der Waals surface area contributed by atoms with E-state index in [1.165, 1.54) is 53.4 Å². The van der Waals surface area contributed by atoms with Crippen LogP contribution in [0.4, 0.5) is 4.79 Å². The number of nitrogens with zero attached hydrogens (tertiary/aromatic N) is 1. The highest BCUT2D eigenvalue weighted by Crippen LogP contribution is 2.24. The van der Waals surface area contributed by atoms with Crippen molar-refractivity contribution in [1.82, 2.24) is 4.90 Å². The van der Waals surface area contributed by atoms with E-state index in [9.17, 15) is 23.4 Å². The number of rotatable bonds is 8. The molecule has 3 aromatic rings. The third kappa shape index (κ3) is 5.30. The average Bonchev–Trinajstić information content (AvgIpc) is 2.74. The summed E-state index contributed by atoms with van der Waals surface area (Å²) in [6.07, 6.45) is -1.04. The molecule has 0 fully saturated rings. The molecule has 0 aromatic heterocycles. The van der Waals surface area contributed by atoms with Crippen LogP contribution in [0.25, 0.3) is 0 Å². The summed E-state index contributed by atoms with van der Waals surface area (Å²) in [4.78, 5) is 12.9. The average molecular weight is 427 g/mol. The van der Waals surface area contributed by atoms with Gasteiger partial charge in [-0.15, -0.1) is 0 Å². The summed E-state index contributed by atoms with van der Waals surface area (Å²) >= 11 is 0. The lowest BCUT2D eigenvalue weighted by atomic mass is 10.2. The first-order chi connectivity index (χ1) is 14.4. The number of phenolic OH excluding ortho intramolecular Hbond substituents is 1. The fourth-order valence-corrected chi connectivity index (χ4v) is 4.06. The minimum absolute atomic E-state index is 0.0135. The number of carboxylic acid groups (broad SMARTS) is 1.